The van der Waals surface area contributed by atoms with Crippen LogP contribution in [0.5, 0.6) is 0 Å². The van der Waals surface area contributed by atoms with E-state index in [9.17, 15) is 8.42 Å². The highest BCUT2D eigenvalue weighted by atomic mass is 35.7. The van der Waals surface area contributed by atoms with Gasteiger partial charge >= 0.3 is 0 Å². The van der Waals surface area contributed by atoms with Gasteiger partial charge in [-0.25, -0.2) is 8.42 Å². The summed E-state index contributed by atoms with van der Waals surface area (Å²) in [6.07, 6.45) is 1.76. The molecule has 14 heavy (non-hydrogen) atoms. The summed E-state index contributed by atoms with van der Waals surface area (Å²) in [6, 6.07) is 5.22. The van der Waals surface area contributed by atoms with Crippen molar-refractivity contribution in [2.45, 2.75) is 11.8 Å². The lowest BCUT2D eigenvalue weighted by Crippen LogP contribution is -1.94. The molecule has 0 bridgehead atoms. The smallest absolute Gasteiger partial charge is 0.261 e. The molecule has 0 spiro atoms. The second kappa shape index (κ2) is 3.00. The highest BCUT2D eigenvalue weighted by molar-refractivity contribution is 8.13. The fourth-order valence-electron chi connectivity index (χ4n) is 1.46. The molecule has 0 fully saturated rings. The maximum Gasteiger partial charge on any atom is 0.261 e. The zero-order chi connectivity index (χ0) is 10.3. The van der Waals surface area contributed by atoms with Gasteiger partial charge in [0.1, 0.15) is 0 Å². The molecule has 0 radical (unpaired) electrons. The van der Waals surface area contributed by atoms with Crippen molar-refractivity contribution in [3.63, 3.8) is 0 Å². The number of fused-ring (bicyclic) bond motifs is 1. The van der Waals surface area contributed by atoms with Crippen molar-refractivity contribution in [1.29, 1.82) is 0 Å². The maximum atomic E-state index is 11.2. The first-order valence-corrected chi connectivity index (χ1v) is 6.32. The second-order valence-corrected chi connectivity index (χ2v) is 5.65. The number of hydrogen-bond donors (Lipinski definition) is 1. The zero-order valence-electron chi connectivity index (χ0n) is 7.41. The van der Waals surface area contributed by atoms with Gasteiger partial charge in [-0.05, 0) is 36.1 Å². The molecule has 2 rings (SSSR count). The van der Waals surface area contributed by atoms with Gasteiger partial charge in [0.2, 0.25) is 0 Å². The van der Waals surface area contributed by atoms with E-state index in [2.05, 4.69) is 4.98 Å². The van der Waals surface area contributed by atoms with Gasteiger partial charge in [-0.3, -0.25) is 0 Å². The summed E-state index contributed by atoms with van der Waals surface area (Å²) >= 11 is 0. The van der Waals surface area contributed by atoms with E-state index in [1.807, 2.05) is 6.07 Å². The highest BCUT2D eigenvalue weighted by Crippen LogP contribution is 2.24. The van der Waals surface area contributed by atoms with Crippen molar-refractivity contribution in [3.8, 4) is 0 Å². The zero-order valence-corrected chi connectivity index (χ0v) is 8.98. The predicted molar refractivity (Wildman–Crippen MR) is 56.1 cm³/mol. The number of aryl methyl sites for hydroxylation is 1. The number of rotatable bonds is 1. The number of benzene rings is 1. The Hall–Kier alpha value is -1.00. The molecule has 2 aromatic rings. The Balaban J connectivity index is 2.84. The molecule has 74 valence electrons. The molecule has 5 heteroatoms. The molecule has 0 amide bonds. The molecule has 1 heterocycles. The molecule has 0 saturated carbocycles. The molecule has 0 aliphatic carbocycles. The summed E-state index contributed by atoms with van der Waals surface area (Å²) in [6.45, 7) is 1.72. The van der Waals surface area contributed by atoms with Crippen LogP contribution in [0.2, 0.25) is 0 Å². The average molecular weight is 230 g/mol. The SMILES string of the molecule is Cc1cc2cc[nH]c2cc1S(=O)(=O)Cl. The van der Waals surface area contributed by atoms with E-state index in [-0.39, 0.29) is 4.90 Å². The van der Waals surface area contributed by atoms with Crippen molar-refractivity contribution in [2.75, 3.05) is 0 Å². The Bertz CT molecular complexity index is 586. The number of halogens is 1. The summed E-state index contributed by atoms with van der Waals surface area (Å²) in [5.41, 5.74) is 1.43. The number of aromatic nitrogens is 1. The summed E-state index contributed by atoms with van der Waals surface area (Å²) in [7, 11) is 1.64. The van der Waals surface area contributed by atoms with Crippen molar-refractivity contribution >= 4 is 30.6 Å². The van der Waals surface area contributed by atoms with Crippen LogP contribution in [0.25, 0.3) is 10.9 Å². The van der Waals surface area contributed by atoms with Gasteiger partial charge in [-0.2, -0.15) is 0 Å². The van der Waals surface area contributed by atoms with Gasteiger partial charge in [0.15, 0.2) is 0 Å². The monoisotopic (exact) mass is 229 g/mol. The van der Waals surface area contributed by atoms with Crippen LogP contribution in [0, 0.1) is 6.92 Å². The van der Waals surface area contributed by atoms with Crippen LogP contribution < -0.4 is 0 Å². The quantitative estimate of drug-likeness (QED) is 0.764. The molecule has 0 aliphatic rings. The molecule has 0 saturated heterocycles. The van der Waals surface area contributed by atoms with Crippen LogP contribution >= 0.6 is 10.7 Å². The van der Waals surface area contributed by atoms with Crippen LogP contribution in [0.3, 0.4) is 0 Å². The Labute approximate surface area is 86.1 Å². The van der Waals surface area contributed by atoms with Crippen LogP contribution in [-0.2, 0) is 9.05 Å². The van der Waals surface area contributed by atoms with Crippen LogP contribution in [-0.4, -0.2) is 13.4 Å². The Morgan fingerprint density at radius 2 is 2.07 bits per heavy atom. The number of hydrogen-bond acceptors (Lipinski definition) is 2. The van der Waals surface area contributed by atoms with E-state index in [4.69, 9.17) is 10.7 Å². The van der Waals surface area contributed by atoms with Gasteiger partial charge in [0.05, 0.1) is 4.90 Å². The number of H-pyrrole nitrogens is 1. The Kier molecular flexibility index (Phi) is 2.05. The number of aromatic amines is 1. The van der Waals surface area contributed by atoms with Gasteiger partial charge in [0.25, 0.3) is 9.05 Å². The first-order valence-electron chi connectivity index (χ1n) is 4.01. The minimum atomic E-state index is -3.65. The lowest BCUT2D eigenvalue weighted by atomic mass is 10.2. The van der Waals surface area contributed by atoms with Gasteiger partial charge in [-0.15, -0.1) is 0 Å². The van der Waals surface area contributed by atoms with E-state index in [0.717, 1.165) is 10.9 Å². The van der Waals surface area contributed by atoms with Crippen LogP contribution in [0.1, 0.15) is 5.56 Å². The molecule has 1 aromatic carbocycles. The van der Waals surface area contributed by atoms with E-state index >= 15 is 0 Å². The van der Waals surface area contributed by atoms with E-state index in [1.54, 1.807) is 25.3 Å². The van der Waals surface area contributed by atoms with Gasteiger partial charge < -0.3 is 4.98 Å². The van der Waals surface area contributed by atoms with Gasteiger partial charge in [0, 0.05) is 22.4 Å². The molecule has 0 atom stereocenters. The molecule has 1 N–H and O–H groups in total. The third-order valence-electron chi connectivity index (χ3n) is 2.11. The van der Waals surface area contributed by atoms with Gasteiger partial charge in [-0.1, -0.05) is 0 Å². The van der Waals surface area contributed by atoms with Crippen molar-refractivity contribution in [3.05, 3.63) is 30.0 Å². The average Bonchev–Trinajstić information content (AvgIpc) is 2.47. The largest absolute Gasteiger partial charge is 0.361 e. The van der Waals surface area contributed by atoms with Crippen molar-refractivity contribution in [1.82, 2.24) is 4.98 Å². The predicted octanol–water partition coefficient (Wildman–Crippen LogP) is 2.40. The van der Waals surface area contributed by atoms with Crippen LogP contribution in [0.4, 0.5) is 0 Å². The Morgan fingerprint density at radius 3 is 2.71 bits per heavy atom. The van der Waals surface area contributed by atoms with Crippen molar-refractivity contribution in [2.24, 2.45) is 0 Å². The molecule has 0 unspecified atom stereocenters. The third kappa shape index (κ3) is 1.51. The Morgan fingerprint density at radius 1 is 1.36 bits per heavy atom. The molecule has 3 nitrogen and oxygen atoms in total. The van der Waals surface area contributed by atoms with Crippen LogP contribution in [0.15, 0.2) is 29.3 Å². The van der Waals surface area contributed by atoms with Crippen molar-refractivity contribution < 1.29 is 8.42 Å². The van der Waals surface area contributed by atoms with E-state index in [1.165, 1.54) is 0 Å². The topological polar surface area (TPSA) is 49.9 Å². The van der Waals surface area contributed by atoms with E-state index in [0.29, 0.717) is 5.56 Å². The fourth-order valence-corrected chi connectivity index (χ4v) is 2.66. The minimum Gasteiger partial charge on any atom is -0.361 e. The standard InChI is InChI=1S/C9H8ClNO2S/c1-6-4-7-2-3-11-8(7)5-9(6)14(10,12)13/h2-5,11H,1H3. The first kappa shape index (κ1) is 9.55. The lowest BCUT2D eigenvalue weighted by Gasteiger charge is -2.01. The summed E-state index contributed by atoms with van der Waals surface area (Å²) in [5, 5.41) is 0.978. The number of nitrogens with one attached hydrogen (secondary N) is 1. The molecule has 1 aromatic heterocycles. The molecular weight excluding hydrogens is 222 g/mol. The summed E-state index contributed by atoms with van der Waals surface area (Å²) < 4.78 is 22.3. The molecule has 0 aliphatic heterocycles. The normalized spacial score (nSPS) is 12.1. The molecular formula is C9H8ClNO2S. The maximum absolute atomic E-state index is 11.2. The first-order chi connectivity index (χ1) is 6.48. The van der Waals surface area contributed by atoms with E-state index < -0.39 is 9.05 Å². The fraction of sp³-hybridized carbons (Fsp3) is 0.111. The minimum absolute atomic E-state index is 0.161. The second-order valence-electron chi connectivity index (χ2n) is 3.12. The summed E-state index contributed by atoms with van der Waals surface area (Å²) in [5.74, 6) is 0. The lowest BCUT2D eigenvalue weighted by molar-refractivity contribution is 0.609. The summed E-state index contributed by atoms with van der Waals surface area (Å²) in [4.78, 5) is 3.10. The third-order valence-corrected chi connectivity index (χ3v) is 3.58. The highest BCUT2D eigenvalue weighted by Gasteiger charge is 2.14.